The molecule has 2 heterocycles. The highest BCUT2D eigenvalue weighted by Gasteiger charge is 2.35. The number of hydrogen-bond donors (Lipinski definition) is 2. The van der Waals surface area contributed by atoms with E-state index in [1.165, 1.54) is 10.4 Å². The van der Waals surface area contributed by atoms with Crippen LogP contribution in [0.5, 0.6) is 5.75 Å². The Hall–Kier alpha value is -2.43. The first-order chi connectivity index (χ1) is 15.6. The van der Waals surface area contributed by atoms with Crippen LogP contribution in [0.4, 0.5) is 11.4 Å². The zero-order valence-corrected chi connectivity index (χ0v) is 21.0. The number of carbonyl (C=O) groups is 2. The number of nitrogens with one attached hydrogen (secondary N) is 2. The maximum absolute atomic E-state index is 13.5. The molecule has 2 aliphatic rings. The first-order valence-electron chi connectivity index (χ1n) is 10.8. The van der Waals surface area contributed by atoms with Gasteiger partial charge in [0.15, 0.2) is 6.10 Å². The van der Waals surface area contributed by atoms with Crippen LogP contribution in [0.15, 0.2) is 39.7 Å². The van der Waals surface area contributed by atoms with Crippen LogP contribution in [0, 0.1) is 19.8 Å². The Kier molecular flexibility index (Phi) is 6.52. The molecule has 2 amide bonds. The second kappa shape index (κ2) is 9.08. The molecule has 10 heteroatoms. The number of amides is 2. The van der Waals surface area contributed by atoms with Crippen LogP contribution in [0.1, 0.15) is 30.9 Å². The van der Waals surface area contributed by atoms with Gasteiger partial charge < -0.3 is 15.4 Å². The number of rotatable bonds is 4. The van der Waals surface area contributed by atoms with Gasteiger partial charge in [-0.1, -0.05) is 15.9 Å². The van der Waals surface area contributed by atoms with Crippen LogP contribution in [-0.4, -0.2) is 43.7 Å². The summed E-state index contributed by atoms with van der Waals surface area (Å²) in [6, 6.07) is 8.62. The number of sulfonamides is 1. The first kappa shape index (κ1) is 23.7. The number of halogens is 1. The standard InChI is InChI=1S/C23H26BrN3O5S/c1-13-9-17(6-7-18(13)24)25-23(29)16-5-4-8-27(12-16)33(30,31)21-11-20-19(10-14(21)2)26-22(28)15(3)32-20/h6-7,9-11,15-16H,4-5,8,12H2,1-3H3,(H,25,29)(H,26,28)/t15-,16+/m0/s1. The largest absolute Gasteiger partial charge is 0.479 e. The number of nitrogens with zero attached hydrogens (tertiary/aromatic N) is 1. The summed E-state index contributed by atoms with van der Waals surface area (Å²) in [7, 11) is -3.85. The monoisotopic (exact) mass is 535 g/mol. The summed E-state index contributed by atoms with van der Waals surface area (Å²) in [6.07, 6.45) is 0.494. The molecule has 8 nitrogen and oxygen atoms in total. The third-order valence-electron chi connectivity index (χ3n) is 6.01. The Balaban J connectivity index is 1.54. The van der Waals surface area contributed by atoms with Gasteiger partial charge in [-0.15, -0.1) is 0 Å². The molecule has 0 radical (unpaired) electrons. The number of aryl methyl sites for hydroxylation is 2. The Bertz CT molecular complexity index is 1230. The summed E-state index contributed by atoms with van der Waals surface area (Å²) >= 11 is 3.44. The maximum Gasteiger partial charge on any atom is 0.265 e. The predicted molar refractivity (Wildman–Crippen MR) is 129 cm³/mol. The van der Waals surface area contributed by atoms with Gasteiger partial charge in [-0.25, -0.2) is 8.42 Å². The smallest absolute Gasteiger partial charge is 0.265 e. The molecule has 1 saturated heterocycles. The lowest BCUT2D eigenvalue weighted by molar-refractivity contribution is -0.123. The summed E-state index contributed by atoms with van der Waals surface area (Å²) in [5, 5.41) is 5.64. The van der Waals surface area contributed by atoms with Crippen molar-refractivity contribution in [1.29, 1.82) is 0 Å². The van der Waals surface area contributed by atoms with E-state index >= 15 is 0 Å². The molecule has 0 aliphatic carbocycles. The van der Waals surface area contributed by atoms with E-state index in [9.17, 15) is 18.0 Å². The van der Waals surface area contributed by atoms with E-state index in [1.807, 2.05) is 25.1 Å². The highest BCUT2D eigenvalue weighted by atomic mass is 79.9. The number of anilines is 2. The fraction of sp³-hybridized carbons (Fsp3) is 0.391. The van der Waals surface area contributed by atoms with Gasteiger partial charge in [0.05, 0.1) is 16.5 Å². The lowest BCUT2D eigenvalue weighted by Gasteiger charge is -2.32. The van der Waals surface area contributed by atoms with Crippen molar-refractivity contribution in [1.82, 2.24) is 4.31 Å². The molecule has 0 saturated carbocycles. The van der Waals surface area contributed by atoms with Gasteiger partial charge in [-0.3, -0.25) is 9.59 Å². The van der Waals surface area contributed by atoms with E-state index in [1.54, 1.807) is 19.9 Å². The SMILES string of the molecule is Cc1cc(NC(=O)[C@@H]2CCCN(S(=O)(=O)c3cc4c(cc3C)NC(=O)[C@H](C)O4)C2)ccc1Br. The van der Waals surface area contributed by atoms with Gasteiger partial charge in [0.25, 0.3) is 5.91 Å². The van der Waals surface area contributed by atoms with Crippen LogP contribution >= 0.6 is 15.9 Å². The Morgan fingerprint density at radius 2 is 1.97 bits per heavy atom. The van der Waals surface area contributed by atoms with E-state index in [2.05, 4.69) is 26.6 Å². The fourth-order valence-electron chi connectivity index (χ4n) is 4.10. The van der Waals surface area contributed by atoms with Crippen molar-refractivity contribution in [2.45, 2.75) is 44.6 Å². The molecule has 33 heavy (non-hydrogen) atoms. The molecule has 2 aliphatic heterocycles. The van der Waals surface area contributed by atoms with Crippen molar-refractivity contribution in [3.05, 3.63) is 45.9 Å². The van der Waals surface area contributed by atoms with E-state index in [0.29, 0.717) is 42.1 Å². The highest BCUT2D eigenvalue weighted by Crippen LogP contribution is 2.36. The molecule has 176 valence electrons. The van der Waals surface area contributed by atoms with Crippen LogP contribution in [0.3, 0.4) is 0 Å². The van der Waals surface area contributed by atoms with Crippen LogP contribution in [-0.2, 0) is 19.6 Å². The lowest BCUT2D eigenvalue weighted by Crippen LogP contribution is -2.44. The second-order valence-electron chi connectivity index (χ2n) is 8.52. The average molecular weight is 536 g/mol. The van der Waals surface area contributed by atoms with Gasteiger partial charge in [0, 0.05) is 29.3 Å². The lowest BCUT2D eigenvalue weighted by atomic mass is 9.98. The quantitative estimate of drug-likeness (QED) is 0.619. The van der Waals surface area contributed by atoms with Gasteiger partial charge in [0.2, 0.25) is 15.9 Å². The normalized spacial score (nSPS) is 21.0. The summed E-state index contributed by atoms with van der Waals surface area (Å²) in [6.45, 7) is 5.67. The molecule has 2 N–H and O–H groups in total. The van der Waals surface area contributed by atoms with Gasteiger partial charge >= 0.3 is 0 Å². The van der Waals surface area contributed by atoms with Gasteiger partial charge in [-0.05, 0) is 69.0 Å². The van der Waals surface area contributed by atoms with Crippen LogP contribution < -0.4 is 15.4 Å². The molecule has 2 aromatic carbocycles. The number of carbonyl (C=O) groups excluding carboxylic acids is 2. The predicted octanol–water partition coefficient (Wildman–Crippen LogP) is 3.82. The minimum Gasteiger partial charge on any atom is -0.479 e. The molecule has 0 bridgehead atoms. The van der Waals surface area contributed by atoms with Crippen LogP contribution in [0.25, 0.3) is 0 Å². The third-order valence-corrected chi connectivity index (χ3v) is 8.90. The van der Waals surface area contributed by atoms with Crippen molar-refractivity contribution >= 4 is 49.1 Å². The topological polar surface area (TPSA) is 105 Å². The average Bonchev–Trinajstić information content (AvgIpc) is 2.77. The summed E-state index contributed by atoms with van der Waals surface area (Å²) in [5.74, 6) is -0.601. The molecule has 2 aromatic rings. The maximum atomic E-state index is 13.5. The highest BCUT2D eigenvalue weighted by molar-refractivity contribution is 9.10. The minimum absolute atomic E-state index is 0.105. The molecule has 4 rings (SSSR count). The molecule has 0 aromatic heterocycles. The van der Waals surface area contributed by atoms with Crippen LogP contribution in [0.2, 0.25) is 0 Å². The number of hydrogen-bond acceptors (Lipinski definition) is 5. The molecule has 1 fully saturated rings. The van der Waals surface area contributed by atoms with E-state index in [0.717, 1.165) is 10.0 Å². The summed E-state index contributed by atoms with van der Waals surface area (Å²) < 4.78 is 34.9. The summed E-state index contributed by atoms with van der Waals surface area (Å²) in [4.78, 5) is 24.9. The third kappa shape index (κ3) is 4.78. The van der Waals surface area contributed by atoms with Gasteiger partial charge in [0.1, 0.15) is 5.75 Å². The first-order valence-corrected chi connectivity index (χ1v) is 13.0. The van der Waals surface area contributed by atoms with Crippen molar-refractivity contribution < 1.29 is 22.7 Å². The molecule has 2 atom stereocenters. The minimum atomic E-state index is -3.85. The van der Waals surface area contributed by atoms with Crippen molar-refractivity contribution in [3.63, 3.8) is 0 Å². The number of fused-ring (bicyclic) bond motifs is 1. The number of piperidine rings is 1. The van der Waals surface area contributed by atoms with E-state index < -0.39 is 22.0 Å². The van der Waals surface area contributed by atoms with Crippen molar-refractivity contribution in [2.75, 3.05) is 23.7 Å². The fourth-order valence-corrected chi connectivity index (χ4v) is 6.09. The molecular formula is C23H26BrN3O5S. The van der Waals surface area contributed by atoms with Crippen molar-refractivity contribution in [3.8, 4) is 5.75 Å². The zero-order valence-electron chi connectivity index (χ0n) is 18.6. The number of benzene rings is 2. The second-order valence-corrected chi connectivity index (χ2v) is 11.3. The van der Waals surface area contributed by atoms with Crippen molar-refractivity contribution in [2.24, 2.45) is 5.92 Å². The molecule has 0 unspecified atom stereocenters. The van der Waals surface area contributed by atoms with Gasteiger partial charge in [-0.2, -0.15) is 4.31 Å². The zero-order chi connectivity index (χ0) is 23.9. The Labute approximate surface area is 201 Å². The Morgan fingerprint density at radius 3 is 2.70 bits per heavy atom. The Morgan fingerprint density at radius 1 is 1.21 bits per heavy atom. The molecular weight excluding hydrogens is 510 g/mol. The molecule has 0 spiro atoms. The number of ether oxygens (including phenoxy) is 1. The van der Waals surface area contributed by atoms with E-state index in [-0.39, 0.29) is 23.3 Å². The van der Waals surface area contributed by atoms with E-state index in [4.69, 9.17) is 4.74 Å². The summed E-state index contributed by atoms with van der Waals surface area (Å²) in [5.41, 5.74) is 2.63.